The van der Waals surface area contributed by atoms with Gasteiger partial charge < -0.3 is 13.7 Å². The molecule has 0 saturated heterocycles. The van der Waals surface area contributed by atoms with Crippen molar-refractivity contribution in [3.05, 3.63) is 253 Å². The summed E-state index contributed by atoms with van der Waals surface area (Å²) in [4.78, 5) is 13.5. The smallest absolute Gasteiger partial charge is 0.0724 e. The van der Waals surface area contributed by atoms with Crippen molar-refractivity contribution < 1.29 is 0 Å². The first-order chi connectivity index (χ1) is 32.7. The molecule has 0 unspecified atom stereocenters. The second-order valence-corrected chi connectivity index (χ2v) is 17.4. The highest BCUT2D eigenvalue weighted by Gasteiger charge is 2.16. The predicted molar refractivity (Wildman–Crippen MR) is 271 cm³/mol. The fraction of sp³-hybridized carbons (Fsp3) is 0.0500. The molecule has 0 bridgehead atoms. The minimum absolute atomic E-state index is 0.831. The molecule has 0 aliphatic heterocycles. The molecule has 0 aliphatic rings. The van der Waals surface area contributed by atoms with Gasteiger partial charge >= 0.3 is 0 Å². The van der Waals surface area contributed by atoms with Gasteiger partial charge in [0.15, 0.2) is 0 Å². The topological polar surface area (TPSA) is 53.5 Å². The second kappa shape index (κ2) is 15.6. The van der Waals surface area contributed by atoms with E-state index < -0.39 is 0 Å². The molecule has 6 aromatic heterocycles. The van der Waals surface area contributed by atoms with Crippen molar-refractivity contribution in [2.45, 2.75) is 19.3 Å². The van der Waals surface area contributed by atoms with Gasteiger partial charge in [-0.25, -0.2) is 0 Å². The largest absolute Gasteiger partial charge is 0.308 e. The summed E-state index contributed by atoms with van der Waals surface area (Å²) >= 11 is 0. The van der Waals surface area contributed by atoms with Crippen LogP contribution >= 0.6 is 0 Å². The van der Waals surface area contributed by atoms with Gasteiger partial charge in [-0.05, 0) is 125 Å². The van der Waals surface area contributed by atoms with Crippen LogP contribution in [0.1, 0.15) is 33.4 Å². The zero-order valence-corrected chi connectivity index (χ0v) is 36.1. The van der Waals surface area contributed by atoms with E-state index in [4.69, 9.17) is 0 Å². The molecule has 0 fully saturated rings. The first kappa shape index (κ1) is 37.9. The fourth-order valence-corrected chi connectivity index (χ4v) is 10.4. The number of fused-ring (bicyclic) bond motifs is 9. The van der Waals surface area contributed by atoms with Crippen molar-refractivity contribution in [1.29, 1.82) is 0 Å². The Hall–Kier alpha value is -8.61. The lowest BCUT2D eigenvalue weighted by Gasteiger charge is -2.13. The number of para-hydroxylation sites is 3. The van der Waals surface area contributed by atoms with Crippen LogP contribution in [0.5, 0.6) is 0 Å². The van der Waals surface area contributed by atoms with E-state index in [1.807, 2.05) is 37.2 Å². The van der Waals surface area contributed by atoms with Crippen molar-refractivity contribution >= 4 is 65.4 Å². The molecular formula is C60H42N6. The monoisotopic (exact) mass is 846 g/mol. The summed E-state index contributed by atoms with van der Waals surface area (Å²) in [6.07, 6.45) is 14.1. The van der Waals surface area contributed by atoms with Crippen LogP contribution in [0.15, 0.2) is 219 Å². The number of rotatable bonds is 9. The molecule has 0 radical (unpaired) electrons. The number of nitrogens with zero attached hydrogens (tertiary/aromatic N) is 6. The van der Waals surface area contributed by atoms with Gasteiger partial charge in [-0.3, -0.25) is 15.0 Å². The number of hydrogen-bond acceptors (Lipinski definition) is 3. The molecule has 6 nitrogen and oxygen atoms in total. The van der Waals surface area contributed by atoms with Crippen LogP contribution < -0.4 is 0 Å². The Morgan fingerprint density at radius 2 is 0.530 bits per heavy atom. The molecule has 13 rings (SSSR count). The molecule has 312 valence electrons. The van der Waals surface area contributed by atoms with Crippen molar-refractivity contribution in [2.24, 2.45) is 0 Å². The summed E-state index contributed by atoms with van der Waals surface area (Å²) in [6.45, 7) is 0. The van der Waals surface area contributed by atoms with Crippen molar-refractivity contribution in [3.8, 4) is 17.1 Å². The van der Waals surface area contributed by atoms with E-state index >= 15 is 0 Å². The lowest BCUT2D eigenvalue weighted by atomic mass is 9.94. The summed E-state index contributed by atoms with van der Waals surface area (Å²) in [5.74, 6) is 0. The van der Waals surface area contributed by atoms with Gasteiger partial charge in [-0.1, -0.05) is 109 Å². The number of benzene rings is 7. The van der Waals surface area contributed by atoms with Gasteiger partial charge in [-0.2, -0.15) is 0 Å². The molecule has 0 amide bonds. The number of hydrogen-bond donors (Lipinski definition) is 0. The zero-order chi connectivity index (χ0) is 43.6. The highest BCUT2D eigenvalue weighted by Crippen LogP contribution is 2.35. The molecule has 0 aliphatic carbocycles. The van der Waals surface area contributed by atoms with E-state index in [0.29, 0.717) is 0 Å². The molecule has 0 N–H and O–H groups in total. The quantitative estimate of drug-likeness (QED) is 0.145. The summed E-state index contributed by atoms with van der Waals surface area (Å²) in [5.41, 5.74) is 18.0. The number of aromatic nitrogens is 6. The van der Waals surface area contributed by atoms with Gasteiger partial charge in [0.05, 0.1) is 51.7 Å². The SMILES string of the molecule is c1ccc2c(c1)c1ccncc1n2-c1ccc(Cc2cc(Cc3ccc(-n4c5ccccc5c5ccncc54)cc3)cc(Cc3ccc(-n4c5ccccc5c5ccncc54)cc3)c2)cc1. The average Bonchev–Trinajstić information content (AvgIpc) is 4.01. The van der Waals surface area contributed by atoms with Gasteiger partial charge in [0.2, 0.25) is 0 Å². The van der Waals surface area contributed by atoms with Crippen LogP contribution in [0, 0.1) is 0 Å². The molecule has 13 aromatic rings. The summed E-state index contributed by atoms with van der Waals surface area (Å²) < 4.78 is 6.98. The van der Waals surface area contributed by atoms with Crippen LogP contribution in [0.3, 0.4) is 0 Å². The molecule has 0 spiro atoms. The zero-order valence-electron chi connectivity index (χ0n) is 36.1. The molecule has 66 heavy (non-hydrogen) atoms. The highest BCUT2D eigenvalue weighted by molar-refractivity contribution is 6.10. The van der Waals surface area contributed by atoms with E-state index in [-0.39, 0.29) is 0 Å². The predicted octanol–water partition coefficient (Wildman–Crippen LogP) is 13.9. The Morgan fingerprint density at radius 1 is 0.258 bits per heavy atom. The third-order valence-electron chi connectivity index (χ3n) is 13.3. The standard InChI is InChI=1S/C60H42N6/c1-4-10-55-49(7-1)52-25-28-61-37-58(52)64(55)46-19-13-40(14-20-46)31-43-34-44(32-41-15-21-47(22-16-41)65-56-11-5-2-8-50(56)53-26-29-62-38-59(53)65)36-45(35-43)33-42-17-23-48(24-18-42)66-57-12-6-3-9-51(57)54-27-30-63-39-60(54)66/h1-30,34-39H,31-33H2. The van der Waals surface area contributed by atoms with Gasteiger partial charge in [-0.15, -0.1) is 0 Å². The Bertz CT molecular complexity index is 3360. The molecule has 0 saturated carbocycles. The molecule has 7 aromatic carbocycles. The summed E-state index contributed by atoms with van der Waals surface area (Å²) in [7, 11) is 0. The van der Waals surface area contributed by atoms with E-state index in [9.17, 15) is 0 Å². The first-order valence-electron chi connectivity index (χ1n) is 22.6. The third kappa shape index (κ3) is 6.45. The maximum absolute atomic E-state index is 4.49. The van der Waals surface area contributed by atoms with Crippen molar-refractivity contribution in [3.63, 3.8) is 0 Å². The Labute approximate surface area is 381 Å². The van der Waals surface area contributed by atoms with Crippen molar-refractivity contribution in [1.82, 2.24) is 28.7 Å². The molecule has 0 atom stereocenters. The molecule has 6 heterocycles. The van der Waals surface area contributed by atoms with E-state index in [1.165, 1.54) is 82.2 Å². The molecule has 6 heteroatoms. The molecular weight excluding hydrogens is 805 g/mol. The summed E-state index contributed by atoms with van der Waals surface area (Å²) in [6, 6.07) is 66.6. The first-order valence-corrected chi connectivity index (χ1v) is 22.6. The minimum Gasteiger partial charge on any atom is -0.308 e. The van der Waals surface area contributed by atoms with Crippen LogP contribution in [-0.4, -0.2) is 28.7 Å². The maximum atomic E-state index is 4.49. The van der Waals surface area contributed by atoms with E-state index in [1.54, 1.807) is 0 Å². The van der Waals surface area contributed by atoms with Gasteiger partial charge in [0.25, 0.3) is 0 Å². The number of pyridine rings is 3. The fourth-order valence-electron chi connectivity index (χ4n) is 10.4. The van der Waals surface area contributed by atoms with Gasteiger partial charge in [0, 0.05) is 68.0 Å². The van der Waals surface area contributed by atoms with Crippen molar-refractivity contribution in [2.75, 3.05) is 0 Å². The summed E-state index contributed by atoms with van der Waals surface area (Å²) in [5, 5.41) is 7.35. The Morgan fingerprint density at radius 3 is 0.833 bits per heavy atom. The Kier molecular flexibility index (Phi) is 8.94. The lowest BCUT2D eigenvalue weighted by Crippen LogP contribution is -1.99. The van der Waals surface area contributed by atoms with Crippen LogP contribution in [0.2, 0.25) is 0 Å². The van der Waals surface area contributed by atoms with Crippen LogP contribution in [-0.2, 0) is 19.3 Å². The minimum atomic E-state index is 0.831. The van der Waals surface area contributed by atoms with Crippen LogP contribution in [0.25, 0.3) is 82.5 Å². The average molecular weight is 847 g/mol. The Balaban J connectivity index is 0.835. The van der Waals surface area contributed by atoms with Gasteiger partial charge in [0.1, 0.15) is 0 Å². The highest BCUT2D eigenvalue weighted by atomic mass is 15.0. The third-order valence-corrected chi connectivity index (χ3v) is 13.3. The van der Waals surface area contributed by atoms with E-state index in [2.05, 4.69) is 211 Å². The lowest BCUT2D eigenvalue weighted by molar-refractivity contribution is 1.08. The maximum Gasteiger partial charge on any atom is 0.0724 e. The van der Waals surface area contributed by atoms with E-state index in [0.717, 1.165) is 52.9 Å². The van der Waals surface area contributed by atoms with Crippen LogP contribution in [0.4, 0.5) is 0 Å². The second-order valence-electron chi connectivity index (χ2n) is 17.4. The normalized spacial score (nSPS) is 11.8.